The topological polar surface area (TPSA) is 75.8 Å². The van der Waals surface area contributed by atoms with Crippen molar-refractivity contribution in [3.05, 3.63) is 70.6 Å². The van der Waals surface area contributed by atoms with E-state index in [9.17, 15) is 9.70 Å². The lowest BCUT2D eigenvalue weighted by atomic mass is 9.98. The van der Waals surface area contributed by atoms with E-state index >= 15 is 0 Å². The molecule has 1 aliphatic carbocycles. The quantitative estimate of drug-likeness (QED) is 0.549. The summed E-state index contributed by atoms with van der Waals surface area (Å²) in [7, 11) is 0. The van der Waals surface area contributed by atoms with Gasteiger partial charge in [-0.25, -0.2) is 0 Å². The van der Waals surface area contributed by atoms with E-state index in [0.29, 0.717) is 11.5 Å². The van der Waals surface area contributed by atoms with E-state index in [1.165, 1.54) is 6.42 Å². The van der Waals surface area contributed by atoms with Gasteiger partial charge in [0.25, 0.3) is 5.91 Å². The van der Waals surface area contributed by atoms with Gasteiger partial charge in [-0.3, -0.25) is 9.78 Å². The molecule has 0 N–H and O–H groups in total. The maximum Gasteiger partial charge on any atom is 0.289 e. The lowest BCUT2D eigenvalue weighted by molar-refractivity contribution is 0.0693. The molecule has 1 atom stereocenters. The molecule has 2 aliphatic rings. The number of furan rings is 1. The zero-order valence-electron chi connectivity index (χ0n) is 16.7. The second kappa shape index (κ2) is 7.86. The number of amides is 1. The summed E-state index contributed by atoms with van der Waals surface area (Å²) in [4.78, 5) is 30.1. The Morgan fingerprint density at radius 2 is 1.83 bits per heavy atom. The highest BCUT2D eigenvalue weighted by Crippen LogP contribution is 2.40. The number of aromatic nitrogens is 1. The second-order valence-electron chi connectivity index (χ2n) is 8.02. The van der Waals surface area contributed by atoms with E-state index in [1.54, 1.807) is 12.4 Å². The van der Waals surface area contributed by atoms with Crippen LogP contribution in [0.15, 0.2) is 58.4 Å². The number of aryl methyl sites for hydroxylation is 1. The van der Waals surface area contributed by atoms with Crippen LogP contribution in [0.1, 0.15) is 53.4 Å². The molecule has 30 heavy (non-hydrogen) atoms. The van der Waals surface area contributed by atoms with Crippen LogP contribution in [-0.4, -0.2) is 28.9 Å². The summed E-state index contributed by atoms with van der Waals surface area (Å²) in [5, 5.41) is 3.25. The number of carbonyl (C=O) groups excluding carboxylic acids is 1. The zero-order chi connectivity index (χ0) is 20.5. The van der Waals surface area contributed by atoms with Gasteiger partial charge in [0.1, 0.15) is 11.8 Å². The van der Waals surface area contributed by atoms with Gasteiger partial charge in [-0.15, -0.1) is 0 Å². The first-order valence-corrected chi connectivity index (χ1v) is 10.5. The van der Waals surface area contributed by atoms with Crippen LogP contribution in [0.3, 0.4) is 0 Å². The van der Waals surface area contributed by atoms with E-state index in [-0.39, 0.29) is 11.9 Å². The SMILES string of the molecule is O=NC1CCc2cc(-c3cc(C(=O)N4CCCCC4)oc3-c3ccncc3)ccc21. The first-order valence-electron chi connectivity index (χ1n) is 10.5. The largest absolute Gasteiger partial charge is 0.450 e. The third-order valence-electron chi connectivity index (χ3n) is 6.16. The van der Waals surface area contributed by atoms with Crippen LogP contribution in [0, 0.1) is 4.91 Å². The summed E-state index contributed by atoms with van der Waals surface area (Å²) in [5.41, 5.74) is 4.89. The van der Waals surface area contributed by atoms with E-state index in [4.69, 9.17) is 4.42 Å². The molecule has 3 aromatic rings. The minimum Gasteiger partial charge on any atom is -0.450 e. The fourth-order valence-corrected chi connectivity index (χ4v) is 4.55. The van der Waals surface area contributed by atoms with Crippen molar-refractivity contribution in [3.8, 4) is 22.5 Å². The Kier molecular flexibility index (Phi) is 4.91. The first-order chi connectivity index (χ1) is 14.7. The van der Waals surface area contributed by atoms with E-state index in [1.807, 2.05) is 35.2 Å². The normalized spacial score (nSPS) is 18.3. The maximum absolute atomic E-state index is 13.1. The van der Waals surface area contributed by atoms with Crippen LogP contribution in [0.5, 0.6) is 0 Å². The number of hydrogen-bond donors (Lipinski definition) is 0. The molecule has 2 aromatic heterocycles. The highest BCUT2D eigenvalue weighted by atomic mass is 16.4. The van der Waals surface area contributed by atoms with Gasteiger partial charge in [0.15, 0.2) is 5.76 Å². The summed E-state index contributed by atoms with van der Waals surface area (Å²) >= 11 is 0. The number of piperidine rings is 1. The van der Waals surface area contributed by atoms with Crippen molar-refractivity contribution < 1.29 is 9.21 Å². The molecule has 0 bridgehead atoms. The van der Waals surface area contributed by atoms with Crippen molar-refractivity contribution in [3.63, 3.8) is 0 Å². The lowest BCUT2D eigenvalue weighted by Gasteiger charge is -2.25. The number of likely N-dealkylation sites (tertiary alicyclic amines) is 1. The molecule has 1 aliphatic heterocycles. The molecule has 1 saturated heterocycles. The fourth-order valence-electron chi connectivity index (χ4n) is 4.55. The molecule has 6 heteroatoms. The Morgan fingerprint density at radius 1 is 1.03 bits per heavy atom. The van der Waals surface area contributed by atoms with Crippen molar-refractivity contribution in [1.29, 1.82) is 0 Å². The number of pyridine rings is 1. The van der Waals surface area contributed by atoms with Crippen molar-refractivity contribution in [2.45, 2.75) is 38.1 Å². The minimum absolute atomic E-state index is 0.0531. The first kappa shape index (κ1) is 18.7. The average Bonchev–Trinajstić information content (AvgIpc) is 3.44. The Balaban J connectivity index is 1.58. The summed E-state index contributed by atoms with van der Waals surface area (Å²) in [6, 6.07) is 11.5. The Hall–Kier alpha value is -3.28. The molecule has 152 valence electrons. The Morgan fingerprint density at radius 3 is 2.60 bits per heavy atom. The average molecular weight is 401 g/mol. The lowest BCUT2D eigenvalue weighted by Crippen LogP contribution is -2.35. The summed E-state index contributed by atoms with van der Waals surface area (Å²) in [5.74, 6) is 0.982. The summed E-state index contributed by atoms with van der Waals surface area (Å²) < 4.78 is 6.14. The molecule has 0 radical (unpaired) electrons. The Labute approximate surface area is 174 Å². The van der Waals surface area contributed by atoms with Crippen LogP contribution >= 0.6 is 0 Å². The van der Waals surface area contributed by atoms with Gasteiger partial charge in [-0.1, -0.05) is 23.4 Å². The second-order valence-corrected chi connectivity index (χ2v) is 8.02. The van der Waals surface area contributed by atoms with Crippen LogP contribution < -0.4 is 0 Å². The van der Waals surface area contributed by atoms with Crippen LogP contribution in [0.25, 0.3) is 22.5 Å². The van der Waals surface area contributed by atoms with Crippen molar-refractivity contribution in [1.82, 2.24) is 9.88 Å². The third-order valence-corrected chi connectivity index (χ3v) is 6.16. The number of benzene rings is 1. The van der Waals surface area contributed by atoms with Gasteiger partial charge >= 0.3 is 0 Å². The van der Waals surface area contributed by atoms with Crippen molar-refractivity contribution in [2.75, 3.05) is 13.1 Å². The molecule has 6 nitrogen and oxygen atoms in total. The van der Waals surface area contributed by atoms with Crippen LogP contribution in [-0.2, 0) is 6.42 Å². The number of carbonyl (C=O) groups is 1. The number of nitroso groups, excluding NO2 is 1. The number of fused-ring (bicyclic) bond motifs is 1. The predicted octanol–water partition coefficient (Wildman–Crippen LogP) is 5.39. The van der Waals surface area contributed by atoms with Crippen molar-refractivity contribution >= 4 is 5.91 Å². The number of hydrogen-bond acceptors (Lipinski definition) is 5. The predicted molar refractivity (Wildman–Crippen MR) is 114 cm³/mol. The molecule has 1 fully saturated rings. The van der Waals surface area contributed by atoms with E-state index in [0.717, 1.165) is 66.6 Å². The standard InChI is InChI=1S/C24H23N3O3/c28-24(27-12-2-1-3-13-27)22-15-20(23(30-22)16-8-10-25-11-9-16)18-4-6-19-17(14-18)5-7-21(19)26-29/h4,6,8-11,14-15,21H,1-3,5,7,12-13H2. The number of nitrogens with zero attached hydrogens (tertiary/aromatic N) is 3. The highest BCUT2D eigenvalue weighted by Gasteiger charge is 2.27. The summed E-state index contributed by atoms with van der Waals surface area (Å²) in [6.07, 6.45) is 8.26. The molecule has 5 rings (SSSR count). The highest BCUT2D eigenvalue weighted by molar-refractivity contribution is 5.95. The fraction of sp³-hybridized carbons (Fsp3) is 0.333. The van der Waals surface area contributed by atoms with Gasteiger partial charge in [-0.05, 0) is 67.0 Å². The third kappa shape index (κ3) is 3.32. The number of rotatable bonds is 4. The van der Waals surface area contributed by atoms with Crippen LogP contribution in [0.2, 0.25) is 0 Å². The molecule has 0 saturated carbocycles. The van der Waals surface area contributed by atoms with Gasteiger partial charge < -0.3 is 9.32 Å². The monoisotopic (exact) mass is 401 g/mol. The van der Waals surface area contributed by atoms with E-state index in [2.05, 4.69) is 16.2 Å². The van der Waals surface area contributed by atoms with E-state index < -0.39 is 0 Å². The van der Waals surface area contributed by atoms with Gasteiger partial charge in [0.2, 0.25) is 0 Å². The van der Waals surface area contributed by atoms with Crippen LogP contribution in [0.4, 0.5) is 0 Å². The molecule has 1 amide bonds. The Bertz CT molecular complexity index is 1080. The summed E-state index contributed by atoms with van der Waals surface area (Å²) in [6.45, 7) is 1.55. The van der Waals surface area contributed by atoms with Gasteiger partial charge in [0.05, 0.1) is 0 Å². The van der Waals surface area contributed by atoms with Crippen molar-refractivity contribution in [2.24, 2.45) is 5.18 Å². The zero-order valence-corrected chi connectivity index (χ0v) is 16.7. The molecular formula is C24H23N3O3. The van der Waals surface area contributed by atoms with Gasteiger partial charge in [-0.2, -0.15) is 4.91 Å². The van der Waals surface area contributed by atoms with Gasteiger partial charge in [0, 0.05) is 36.6 Å². The molecule has 3 heterocycles. The smallest absolute Gasteiger partial charge is 0.289 e. The molecule has 0 spiro atoms. The molecule has 1 unspecified atom stereocenters. The maximum atomic E-state index is 13.1. The molecular weight excluding hydrogens is 378 g/mol. The minimum atomic E-state index is -0.255. The molecule has 1 aromatic carbocycles.